The van der Waals surface area contributed by atoms with Gasteiger partial charge in [0.2, 0.25) is 5.91 Å². The summed E-state index contributed by atoms with van der Waals surface area (Å²) < 4.78 is 23.3. The van der Waals surface area contributed by atoms with Gasteiger partial charge in [-0.15, -0.1) is 0 Å². The highest BCUT2D eigenvalue weighted by Crippen LogP contribution is 2.38. The quantitative estimate of drug-likeness (QED) is 0.0272. The highest BCUT2D eigenvalue weighted by molar-refractivity contribution is 7.45. The first-order valence-corrected chi connectivity index (χ1v) is 32.4. The van der Waals surface area contributed by atoms with Gasteiger partial charge in [0.1, 0.15) is 13.2 Å². The number of phosphoric acid groups is 1. The van der Waals surface area contributed by atoms with Gasteiger partial charge in [0.25, 0.3) is 7.82 Å². The number of likely N-dealkylation sites (N-methyl/N-ethyl adjacent to an activating group) is 1. The topological polar surface area (TPSA) is 108 Å². The molecule has 0 heterocycles. The maximum absolute atomic E-state index is 12.9. The van der Waals surface area contributed by atoms with E-state index in [0.29, 0.717) is 17.4 Å². The second-order valence-electron chi connectivity index (χ2n) is 21.7. The molecule has 0 aromatic carbocycles. The minimum atomic E-state index is -4.61. The summed E-state index contributed by atoms with van der Waals surface area (Å²) in [6.45, 7) is 4.49. The van der Waals surface area contributed by atoms with Crippen LogP contribution in [0.5, 0.6) is 0 Å². The molecular formula is C67H117N2O6P. The highest BCUT2D eigenvalue weighted by Gasteiger charge is 2.23. The molecule has 0 saturated carbocycles. The monoisotopic (exact) mass is 1080 g/mol. The maximum Gasteiger partial charge on any atom is 0.268 e. The van der Waals surface area contributed by atoms with Crippen molar-refractivity contribution >= 4 is 13.7 Å². The van der Waals surface area contributed by atoms with Crippen molar-refractivity contribution < 1.29 is 32.9 Å². The van der Waals surface area contributed by atoms with E-state index in [1.165, 1.54) is 135 Å². The molecule has 0 radical (unpaired) electrons. The Morgan fingerprint density at radius 2 is 0.816 bits per heavy atom. The number of aliphatic hydroxyl groups is 1. The lowest BCUT2D eigenvalue weighted by atomic mass is 10.0. The van der Waals surface area contributed by atoms with E-state index >= 15 is 0 Å². The van der Waals surface area contributed by atoms with Crippen LogP contribution in [0.4, 0.5) is 0 Å². The van der Waals surface area contributed by atoms with Gasteiger partial charge in [-0.2, -0.15) is 0 Å². The number of carbonyl (C=O) groups is 1. The molecule has 0 spiro atoms. The zero-order chi connectivity index (χ0) is 55.6. The van der Waals surface area contributed by atoms with Crippen molar-refractivity contribution in [2.75, 3.05) is 40.9 Å². The first-order chi connectivity index (χ1) is 37.0. The van der Waals surface area contributed by atoms with E-state index < -0.39 is 26.6 Å². The molecular weight excluding hydrogens is 960 g/mol. The third-order valence-corrected chi connectivity index (χ3v) is 14.1. The molecule has 0 saturated heterocycles. The van der Waals surface area contributed by atoms with Gasteiger partial charge in [0.15, 0.2) is 0 Å². The van der Waals surface area contributed by atoms with Crippen molar-refractivity contribution in [1.29, 1.82) is 0 Å². The second kappa shape index (κ2) is 56.6. The Kier molecular flexibility index (Phi) is 54.3. The Morgan fingerprint density at radius 1 is 0.474 bits per heavy atom. The van der Waals surface area contributed by atoms with Gasteiger partial charge < -0.3 is 28.8 Å². The van der Waals surface area contributed by atoms with Gasteiger partial charge in [0, 0.05) is 6.42 Å². The number of nitrogens with one attached hydrogen (secondary N) is 1. The fourth-order valence-electron chi connectivity index (χ4n) is 8.36. The molecule has 0 bridgehead atoms. The summed E-state index contributed by atoms with van der Waals surface area (Å²) in [4.78, 5) is 25.5. The minimum absolute atomic E-state index is 0.0101. The van der Waals surface area contributed by atoms with E-state index in [9.17, 15) is 19.4 Å². The number of aliphatic hydroxyl groups excluding tert-OH is 1. The molecule has 1 amide bonds. The number of quaternary nitrogens is 1. The number of carbonyl (C=O) groups excluding carboxylic acids is 1. The average Bonchev–Trinajstić information content (AvgIpc) is 3.38. The molecule has 0 rings (SSSR count). The number of nitrogens with zero attached hydrogens (tertiary/aromatic N) is 1. The predicted octanol–water partition coefficient (Wildman–Crippen LogP) is 18.7. The zero-order valence-electron chi connectivity index (χ0n) is 49.7. The van der Waals surface area contributed by atoms with Crippen LogP contribution in [0.3, 0.4) is 0 Å². The summed E-state index contributed by atoms with van der Waals surface area (Å²) in [5, 5.41) is 13.8. The van der Waals surface area contributed by atoms with Crippen LogP contribution >= 0.6 is 7.82 Å². The Balaban J connectivity index is 4.00. The predicted molar refractivity (Wildman–Crippen MR) is 329 cm³/mol. The largest absolute Gasteiger partial charge is 0.756 e. The van der Waals surface area contributed by atoms with Crippen LogP contribution in [0.2, 0.25) is 0 Å². The molecule has 2 N–H and O–H groups in total. The van der Waals surface area contributed by atoms with E-state index in [1.807, 2.05) is 27.2 Å². The Labute approximate surface area is 469 Å². The third kappa shape index (κ3) is 58.6. The van der Waals surface area contributed by atoms with Gasteiger partial charge in [-0.1, -0.05) is 264 Å². The van der Waals surface area contributed by atoms with Gasteiger partial charge in [-0.05, 0) is 96.3 Å². The Bertz CT molecular complexity index is 1650. The SMILES string of the molecule is CC/C=C\C/C=C\C/C=C\C/C=C\C/C=C\C/C=C\C/C=C\C/C=C\CCCCCCCCCCCCCCCCCCC(=O)NC(COP(=O)([O-])OCC[N+](C)(C)C)C(O)/C=C/CC/C=C/CCCCCCCCC. The Morgan fingerprint density at radius 3 is 1.22 bits per heavy atom. The van der Waals surface area contributed by atoms with Crippen molar-refractivity contribution in [2.45, 2.75) is 257 Å². The number of hydrogen-bond donors (Lipinski definition) is 2. The lowest BCUT2D eigenvalue weighted by Gasteiger charge is -2.29. The lowest BCUT2D eigenvalue weighted by molar-refractivity contribution is -0.870. The van der Waals surface area contributed by atoms with Gasteiger partial charge >= 0.3 is 0 Å². The van der Waals surface area contributed by atoms with Crippen molar-refractivity contribution in [3.63, 3.8) is 0 Å². The van der Waals surface area contributed by atoms with E-state index in [2.05, 4.69) is 129 Å². The maximum atomic E-state index is 12.9. The number of phosphoric ester groups is 1. The summed E-state index contributed by atoms with van der Waals surface area (Å²) in [6.07, 6.45) is 84.5. The molecule has 0 aromatic heterocycles. The fourth-order valence-corrected chi connectivity index (χ4v) is 9.08. The summed E-state index contributed by atoms with van der Waals surface area (Å²) in [5.74, 6) is -0.211. The summed E-state index contributed by atoms with van der Waals surface area (Å²) in [5.41, 5.74) is 0. The second-order valence-corrected chi connectivity index (χ2v) is 23.1. The molecule has 3 atom stereocenters. The van der Waals surface area contributed by atoms with Gasteiger partial charge in [-0.25, -0.2) is 0 Å². The standard InChI is InChI=1S/C67H117N2O6P/c1-6-8-10-12-14-16-18-20-21-22-23-24-25-26-27-28-29-30-31-32-33-34-35-36-37-38-39-40-41-42-43-44-45-46-47-49-51-53-55-57-59-61-67(71)68-65(64-75-76(72,73)74-63-62-69(3,4)5)66(70)60-58-56-54-52-50-48-19-17-15-13-11-9-7-2/h8,10,14,16,20-21,23-24,26-27,29-30,32-33,35-36,50,52,58,60,65-66,70H,6-7,9,11-13,15,17-19,22,25,28,31,34,37-49,51,53-57,59,61-64H2,1-5H3,(H-,68,71,72,73)/b10-8-,16-14-,21-20-,24-23-,27-26-,30-29-,33-32-,36-35-,52-50+,60-58+. The van der Waals surface area contributed by atoms with E-state index in [0.717, 1.165) is 89.9 Å². The molecule has 8 nitrogen and oxygen atoms in total. The molecule has 0 aromatic rings. The summed E-state index contributed by atoms with van der Waals surface area (Å²) in [6, 6.07) is -0.908. The fraction of sp³-hybridized carbons (Fsp3) is 0.687. The highest BCUT2D eigenvalue weighted by atomic mass is 31.2. The van der Waals surface area contributed by atoms with Crippen molar-refractivity contribution in [3.05, 3.63) is 122 Å². The molecule has 0 aliphatic carbocycles. The Hall–Kier alpha value is -3.10. The van der Waals surface area contributed by atoms with E-state index in [4.69, 9.17) is 9.05 Å². The molecule has 0 fully saturated rings. The lowest BCUT2D eigenvalue weighted by Crippen LogP contribution is -2.45. The van der Waals surface area contributed by atoms with Crippen LogP contribution in [-0.4, -0.2) is 68.5 Å². The first-order valence-electron chi connectivity index (χ1n) is 30.9. The molecule has 76 heavy (non-hydrogen) atoms. The van der Waals surface area contributed by atoms with Crippen LogP contribution in [0.25, 0.3) is 0 Å². The normalized spacial score (nSPS) is 14.7. The number of allylic oxidation sites excluding steroid dienone is 19. The molecule has 0 aliphatic rings. The number of hydrogen-bond acceptors (Lipinski definition) is 6. The van der Waals surface area contributed by atoms with Crippen LogP contribution in [0.15, 0.2) is 122 Å². The zero-order valence-corrected chi connectivity index (χ0v) is 50.6. The molecule has 436 valence electrons. The molecule has 3 unspecified atom stereocenters. The van der Waals surface area contributed by atoms with Crippen molar-refractivity contribution in [1.82, 2.24) is 5.32 Å². The smallest absolute Gasteiger partial charge is 0.268 e. The first kappa shape index (κ1) is 72.9. The van der Waals surface area contributed by atoms with E-state index in [1.54, 1.807) is 6.08 Å². The number of amides is 1. The van der Waals surface area contributed by atoms with Crippen LogP contribution in [-0.2, 0) is 18.4 Å². The molecule has 9 heteroatoms. The van der Waals surface area contributed by atoms with Crippen molar-refractivity contribution in [2.24, 2.45) is 0 Å². The molecule has 0 aliphatic heterocycles. The van der Waals surface area contributed by atoms with Crippen LogP contribution in [0.1, 0.15) is 245 Å². The number of unbranched alkanes of at least 4 members (excludes halogenated alkanes) is 24. The summed E-state index contributed by atoms with van der Waals surface area (Å²) >= 11 is 0. The van der Waals surface area contributed by atoms with Crippen LogP contribution in [0, 0.1) is 0 Å². The summed E-state index contributed by atoms with van der Waals surface area (Å²) in [7, 11) is 1.24. The van der Waals surface area contributed by atoms with Gasteiger partial charge in [0.05, 0.1) is 39.9 Å². The average molecular weight is 1080 g/mol. The minimum Gasteiger partial charge on any atom is -0.756 e. The third-order valence-electron chi connectivity index (χ3n) is 13.2. The van der Waals surface area contributed by atoms with Crippen LogP contribution < -0.4 is 10.2 Å². The van der Waals surface area contributed by atoms with Gasteiger partial charge in [-0.3, -0.25) is 9.36 Å². The van der Waals surface area contributed by atoms with E-state index in [-0.39, 0.29) is 12.5 Å². The number of rotatable bonds is 55. The van der Waals surface area contributed by atoms with Crippen molar-refractivity contribution in [3.8, 4) is 0 Å².